The van der Waals surface area contributed by atoms with Crippen molar-refractivity contribution in [2.45, 2.75) is 90.3 Å². The average molecular weight is 479 g/mol. The minimum absolute atomic E-state index is 0.130. The van der Waals surface area contributed by atoms with E-state index in [4.69, 9.17) is 4.42 Å². The number of rotatable bonds is 15. The molecule has 192 valence electrons. The summed E-state index contributed by atoms with van der Waals surface area (Å²) < 4.78 is 14.3. The molecule has 0 spiro atoms. The molecular weight excluding hydrogens is 436 g/mol. The van der Waals surface area contributed by atoms with Gasteiger partial charge in [0.05, 0.1) is 26.7 Å². The van der Waals surface area contributed by atoms with E-state index < -0.39 is 23.1 Å². The van der Waals surface area contributed by atoms with E-state index >= 15 is 0 Å². The zero-order valence-corrected chi connectivity index (χ0v) is 21.6. The van der Waals surface area contributed by atoms with Crippen LogP contribution in [0.5, 0.6) is 0 Å². The lowest BCUT2D eigenvalue weighted by molar-refractivity contribution is -0.210. The minimum atomic E-state index is -2.42. The summed E-state index contributed by atoms with van der Waals surface area (Å²) in [5.74, 6) is -2.30. The van der Waals surface area contributed by atoms with E-state index in [2.05, 4.69) is 35.5 Å². The summed E-state index contributed by atoms with van der Waals surface area (Å²) in [6.07, 6.45) is 14.4. The van der Waals surface area contributed by atoms with Crippen LogP contribution in [0.15, 0.2) is 46.3 Å². The Morgan fingerprint density at radius 1 is 1.06 bits per heavy atom. The van der Waals surface area contributed by atoms with Crippen LogP contribution in [0.1, 0.15) is 78.2 Å². The van der Waals surface area contributed by atoms with Crippen molar-refractivity contribution in [1.82, 2.24) is 0 Å². The number of carbonyl (C=O) groups excluding carboxylic acids is 2. The molecule has 0 radical (unpaired) electrons. The van der Waals surface area contributed by atoms with E-state index in [-0.39, 0.29) is 12.3 Å². The number of furan rings is 1. The molecule has 1 unspecified atom stereocenters. The lowest BCUT2D eigenvalue weighted by Crippen LogP contribution is -2.63. The highest BCUT2D eigenvalue weighted by Crippen LogP contribution is 2.33. The van der Waals surface area contributed by atoms with Gasteiger partial charge in [0, 0.05) is 0 Å². The van der Waals surface area contributed by atoms with Gasteiger partial charge in [-0.2, -0.15) is 0 Å². The van der Waals surface area contributed by atoms with Gasteiger partial charge >= 0.3 is 11.9 Å². The molecule has 7 nitrogen and oxygen atoms in total. The molecule has 0 aromatic carbocycles. The zero-order valence-electron chi connectivity index (χ0n) is 21.6. The van der Waals surface area contributed by atoms with Crippen molar-refractivity contribution in [2.24, 2.45) is 5.92 Å². The second kappa shape index (κ2) is 14.1. The predicted molar refractivity (Wildman–Crippen MR) is 131 cm³/mol. The van der Waals surface area contributed by atoms with Crippen molar-refractivity contribution >= 4 is 11.9 Å². The van der Waals surface area contributed by atoms with Gasteiger partial charge in [-0.1, -0.05) is 30.2 Å². The van der Waals surface area contributed by atoms with Crippen LogP contribution in [0.2, 0.25) is 0 Å². The highest BCUT2D eigenvalue weighted by molar-refractivity contribution is 5.92. The van der Waals surface area contributed by atoms with Gasteiger partial charge in [-0.3, -0.25) is 0 Å². The third-order valence-corrected chi connectivity index (χ3v) is 6.36. The number of esters is 2. The lowest BCUT2D eigenvalue weighted by Gasteiger charge is -2.37. The summed E-state index contributed by atoms with van der Waals surface area (Å²) in [5, 5.41) is 21.5. The van der Waals surface area contributed by atoms with Crippen LogP contribution in [0.3, 0.4) is 0 Å². The van der Waals surface area contributed by atoms with Gasteiger partial charge in [-0.15, -0.1) is 0 Å². The van der Waals surface area contributed by atoms with Gasteiger partial charge in [0.25, 0.3) is 0 Å². The van der Waals surface area contributed by atoms with E-state index in [9.17, 15) is 19.8 Å². The number of hydrogen-bond donors (Lipinski definition) is 2. The SMILES string of the molecule is COC(=O)C(C)(O)[C@](O)(C[C@H](C)CC/C=C(/C)CC/C=C(/C)CCCc1ccoc1)C(=O)OC. The van der Waals surface area contributed by atoms with Crippen molar-refractivity contribution in [2.75, 3.05) is 14.2 Å². The number of ether oxygens (including phenoxy) is 2. The largest absolute Gasteiger partial charge is 0.472 e. The Bertz CT molecular complexity index is 820. The van der Waals surface area contributed by atoms with Gasteiger partial charge in [0.2, 0.25) is 5.60 Å². The molecule has 1 aromatic rings. The summed E-state index contributed by atoms with van der Waals surface area (Å²) >= 11 is 0. The van der Waals surface area contributed by atoms with Crippen LogP contribution >= 0.6 is 0 Å². The van der Waals surface area contributed by atoms with Gasteiger partial charge in [0.15, 0.2) is 5.60 Å². The van der Waals surface area contributed by atoms with E-state index in [1.807, 2.05) is 13.0 Å². The molecule has 0 amide bonds. The van der Waals surface area contributed by atoms with Gasteiger partial charge in [0.1, 0.15) is 0 Å². The fraction of sp³-hybridized carbons (Fsp3) is 0.630. The molecular formula is C27H42O7. The molecule has 0 bridgehead atoms. The topological polar surface area (TPSA) is 106 Å². The van der Waals surface area contributed by atoms with Gasteiger partial charge < -0.3 is 24.1 Å². The van der Waals surface area contributed by atoms with Crippen LogP contribution < -0.4 is 0 Å². The third-order valence-electron chi connectivity index (χ3n) is 6.36. The van der Waals surface area contributed by atoms with E-state index in [0.29, 0.717) is 6.42 Å². The van der Waals surface area contributed by atoms with E-state index in [0.717, 1.165) is 59.7 Å². The second-order valence-electron chi connectivity index (χ2n) is 9.43. The molecule has 2 N–H and O–H groups in total. The standard InChI is InChI=1S/C27H42O7/c1-20(10-7-11-21(2)13-9-15-23-16-17-34-19-23)12-8-14-22(3)18-27(31,25(29)33-6)26(4,30)24(28)32-5/h11-12,16-17,19,22,30-31H,7-10,13-15,18H2,1-6H3/b20-12-,21-11-/t22-,26?,27+/m1/s1. The lowest BCUT2D eigenvalue weighted by atomic mass is 9.77. The summed E-state index contributed by atoms with van der Waals surface area (Å²) in [5.41, 5.74) is -0.909. The monoisotopic (exact) mass is 478 g/mol. The molecule has 34 heavy (non-hydrogen) atoms. The number of methoxy groups -OCH3 is 2. The van der Waals surface area contributed by atoms with Crippen LogP contribution in [-0.4, -0.2) is 47.6 Å². The summed E-state index contributed by atoms with van der Waals surface area (Å²) in [7, 11) is 2.19. The molecule has 0 saturated heterocycles. The second-order valence-corrected chi connectivity index (χ2v) is 9.43. The average Bonchev–Trinajstić information content (AvgIpc) is 3.31. The van der Waals surface area contributed by atoms with Crippen molar-refractivity contribution in [3.8, 4) is 0 Å². The first-order chi connectivity index (χ1) is 16.0. The normalized spacial score (nSPS) is 16.9. The molecule has 0 aliphatic rings. The molecule has 0 fully saturated rings. The molecule has 1 aromatic heterocycles. The maximum atomic E-state index is 12.3. The first-order valence-electron chi connectivity index (χ1n) is 11.9. The molecule has 3 atom stereocenters. The minimum Gasteiger partial charge on any atom is -0.472 e. The molecule has 0 saturated carbocycles. The van der Waals surface area contributed by atoms with Crippen LogP contribution in [0, 0.1) is 5.92 Å². The Labute approximate surface area is 203 Å². The van der Waals surface area contributed by atoms with Gasteiger partial charge in [-0.05, 0) is 89.7 Å². The Morgan fingerprint density at radius 2 is 1.68 bits per heavy atom. The summed E-state index contributed by atoms with van der Waals surface area (Å²) in [6.45, 7) is 7.20. The summed E-state index contributed by atoms with van der Waals surface area (Å²) in [6, 6.07) is 2.01. The van der Waals surface area contributed by atoms with Gasteiger partial charge in [-0.25, -0.2) is 9.59 Å². The smallest absolute Gasteiger partial charge is 0.341 e. The van der Waals surface area contributed by atoms with Crippen molar-refractivity contribution in [1.29, 1.82) is 0 Å². The van der Waals surface area contributed by atoms with E-state index in [1.165, 1.54) is 16.7 Å². The zero-order chi connectivity index (χ0) is 25.8. The number of aliphatic hydroxyl groups is 2. The maximum Gasteiger partial charge on any atom is 0.341 e. The number of aryl methyl sites for hydroxylation is 1. The van der Waals surface area contributed by atoms with Crippen LogP contribution in [0.25, 0.3) is 0 Å². The van der Waals surface area contributed by atoms with Crippen LogP contribution in [-0.2, 0) is 25.5 Å². The first kappa shape index (κ1) is 29.7. The molecule has 1 rings (SSSR count). The first-order valence-corrected chi connectivity index (χ1v) is 11.9. The fourth-order valence-corrected chi connectivity index (χ4v) is 3.99. The van der Waals surface area contributed by atoms with Crippen LogP contribution in [0.4, 0.5) is 0 Å². The quantitative estimate of drug-likeness (QED) is 0.272. The highest BCUT2D eigenvalue weighted by atomic mass is 16.6. The molecule has 7 heteroatoms. The maximum absolute atomic E-state index is 12.3. The predicted octanol–water partition coefficient (Wildman–Crippen LogP) is 4.91. The Balaban J connectivity index is 2.50. The fourth-order valence-electron chi connectivity index (χ4n) is 3.99. The number of hydrogen-bond acceptors (Lipinski definition) is 7. The Kier molecular flexibility index (Phi) is 12.3. The Hall–Kier alpha value is -2.38. The van der Waals surface area contributed by atoms with E-state index in [1.54, 1.807) is 12.5 Å². The molecule has 1 heterocycles. The molecule has 0 aliphatic carbocycles. The van der Waals surface area contributed by atoms with Crippen molar-refractivity contribution in [3.63, 3.8) is 0 Å². The van der Waals surface area contributed by atoms with Crippen molar-refractivity contribution < 1.29 is 33.7 Å². The molecule has 0 aliphatic heterocycles. The highest BCUT2D eigenvalue weighted by Gasteiger charge is 2.58. The number of allylic oxidation sites excluding steroid dienone is 4. The van der Waals surface area contributed by atoms with Crippen molar-refractivity contribution in [3.05, 3.63) is 47.5 Å². The number of carbonyl (C=O) groups is 2. The third kappa shape index (κ3) is 8.76. The summed E-state index contributed by atoms with van der Waals surface area (Å²) in [4.78, 5) is 24.2. The Morgan fingerprint density at radius 3 is 2.26 bits per heavy atom.